The first-order valence-corrected chi connectivity index (χ1v) is 10.1. The molecule has 0 fully saturated rings. The first-order valence-electron chi connectivity index (χ1n) is 7.97. The van der Waals surface area contributed by atoms with Gasteiger partial charge in [-0.1, -0.05) is 53.7 Å². The highest BCUT2D eigenvalue weighted by molar-refractivity contribution is 6.78. The molecule has 1 aromatic rings. The summed E-state index contributed by atoms with van der Waals surface area (Å²) < 4.78 is 6.70. The molecule has 0 N–H and O–H groups in total. The minimum Gasteiger partial charge on any atom is -0.543 e. The van der Waals surface area contributed by atoms with Crippen molar-refractivity contribution in [1.82, 2.24) is 0 Å². The van der Waals surface area contributed by atoms with Crippen molar-refractivity contribution in [3.8, 4) is 5.75 Å². The fourth-order valence-corrected chi connectivity index (χ4v) is 8.91. The first kappa shape index (κ1) is 18.0. The summed E-state index contributed by atoms with van der Waals surface area (Å²) in [5, 5.41) is 0. The molecule has 0 aliphatic carbocycles. The zero-order valence-electron chi connectivity index (χ0n) is 14.6. The van der Waals surface area contributed by atoms with Gasteiger partial charge in [0.25, 0.3) is 8.32 Å². The van der Waals surface area contributed by atoms with E-state index in [0.29, 0.717) is 23.0 Å². The van der Waals surface area contributed by atoms with E-state index in [4.69, 9.17) is 4.43 Å². The van der Waals surface area contributed by atoms with Crippen molar-refractivity contribution < 1.29 is 9.22 Å². The highest BCUT2D eigenvalue weighted by atomic mass is 28.4. The van der Waals surface area contributed by atoms with Crippen LogP contribution in [-0.2, 0) is 11.2 Å². The summed E-state index contributed by atoms with van der Waals surface area (Å²) in [6.07, 6.45) is 1.42. The van der Waals surface area contributed by atoms with Gasteiger partial charge in [-0.25, -0.2) is 0 Å². The van der Waals surface area contributed by atoms with Gasteiger partial charge in [0.05, 0.1) is 0 Å². The molecule has 0 aliphatic heterocycles. The van der Waals surface area contributed by atoms with E-state index in [1.807, 2.05) is 12.1 Å². The predicted octanol–water partition coefficient (Wildman–Crippen LogP) is 5.29. The molecule has 0 saturated heterocycles. The fourth-order valence-electron chi connectivity index (χ4n) is 3.59. The number of benzene rings is 1. The normalized spacial score (nSPS) is 12.3. The molecule has 21 heavy (non-hydrogen) atoms. The zero-order chi connectivity index (χ0) is 16.2. The van der Waals surface area contributed by atoms with Gasteiger partial charge in [-0.2, -0.15) is 0 Å². The summed E-state index contributed by atoms with van der Waals surface area (Å²) in [6.45, 7) is 15.8. The number of hydrogen-bond acceptors (Lipinski definition) is 2. The van der Waals surface area contributed by atoms with Crippen LogP contribution in [0, 0.1) is 6.92 Å². The zero-order valence-corrected chi connectivity index (χ0v) is 15.6. The maximum atomic E-state index is 10.6. The third-order valence-corrected chi connectivity index (χ3v) is 10.5. The highest BCUT2D eigenvalue weighted by Crippen LogP contribution is 2.43. The molecular weight excluding hydrogens is 276 g/mol. The Hall–Kier alpha value is -1.09. The minimum absolute atomic E-state index is 0.474. The van der Waals surface area contributed by atoms with Crippen LogP contribution in [0.5, 0.6) is 5.75 Å². The molecule has 0 atom stereocenters. The topological polar surface area (TPSA) is 26.3 Å². The van der Waals surface area contributed by atoms with Crippen LogP contribution in [0.4, 0.5) is 0 Å². The summed E-state index contributed by atoms with van der Waals surface area (Å²) in [5.74, 6) is 0.993. The molecule has 0 amide bonds. The molecule has 0 heterocycles. The van der Waals surface area contributed by atoms with Crippen molar-refractivity contribution in [3.05, 3.63) is 29.3 Å². The van der Waals surface area contributed by atoms with Crippen molar-refractivity contribution in [2.45, 2.75) is 71.5 Å². The number of rotatable bonds is 7. The van der Waals surface area contributed by atoms with Crippen molar-refractivity contribution in [2.75, 3.05) is 0 Å². The van der Waals surface area contributed by atoms with Gasteiger partial charge in [0, 0.05) is 6.42 Å². The Morgan fingerprint density at radius 3 is 1.95 bits per heavy atom. The third-order valence-electron chi connectivity index (χ3n) is 4.55. The van der Waals surface area contributed by atoms with Crippen molar-refractivity contribution in [1.29, 1.82) is 0 Å². The molecule has 1 aromatic carbocycles. The van der Waals surface area contributed by atoms with E-state index in [-0.39, 0.29) is 0 Å². The fraction of sp³-hybridized carbons (Fsp3) is 0.611. The van der Waals surface area contributed by atoms with Gasteiger partial charge < -0.3 is 9.22 Å². The SMILES string of the molecule is Cc1cc(CC=O)ccc1O[Si](C(C)C)(C(C)C)C(C)C. The highest BCUT2D eigenvalue weighted by Gasteiger charge is 2.47. The van der Waals surface area contributed by atoms with Gasteiger partial charge in [-0.15, -0.1) is 0 Å². The van der Waals surface area contributed by atoms with Gasteiger partial charge in [-0.05, 0) is 40.7 Å². The van der Waals surface area contributed by atoms with Crippen molar-refractivity contribution >= 4 is 14.6 Å². The summed E-state index contributed by atoms with van der Waals surface area (Å²) in [6, 6.07) is 6.13. The lowest BCUT2D eigenvalue weighted by atomic mass is 10.1. The Morgan fingerprint density at radius 1 is 1.05 bits per heavy atom. The van der Waals surface area contributed by atoms with Crippen LogP contribution in [0.15, 0.2) is 18.2 Å². The molecule has 0 aromatic heterocycles. The Labute approximate surface area is 131 Å². The number of carbonyl (C=O) groups excluding carboxylic acids is 1. The lowest BCUT2D eigenvalue weighted by molar-refractivity contribution is -0.107. The second-order valence-corrected chi connectivity index (χ2v) is 12.3. The Morgan fingerprint density at radius 2 is 1.57 bits per heavy atom. The average molecular weight is 307 g/mol. The largest absolute Gasteiger partial charge is 0.543 e. The average Bonchev–Trinajstić information content (AvgIpc) is 2.36. The third kappa shape index (κ3) is 3.76. The molecule has 1 rings (SSSR count). The van der Waals surface area contributed by atoms with Gasteiger partial charge in [0.1, 0.15) is 12.0 Å². The van der Waals surface area contributed by atoms with Gasteiger partial charge in [0.15, 0.2) is 0 Å². The second kappa shape index (κ2) is 7.26. The molecule has 0 unspecified atom stereocenters. The first-order chi connectivity index (χ1) is 9.75. The molecular formula is C18H30O2Si. The Bertz CT molecular complexity index is 456. The molecule has 0 spiro atoms. The number of aryl methyl sites for hydroxylation is 1. The lowest BCUT2D eigenvalue weighted by Crippen LogP contribution is -2.50. The van der Waals surface area contributed by atoms with E-state index >= 15 is 0 Å². The van der Waals surface area contributed by atoms with E-state index in [0.717, 1.165) is 23.2 Å². The number of hydrogen-bond donors (Lipinski definition) is 0. The van der Waals surface area contributed by atoms with E-state index in [2.05, 4.69) is 54.5 Å². The van der Waals surface area contributed by atoms with E-state index < -0.39 is 8.32 Å². The molecule has 2 nitrogen and oxygen atoms in total. The summed E-state index contributed by atoms with van der Waals surface area (Å²) in [7, 11) is -1.91. The smallest absolute Gasteiger partial charge is 0.258 e. The van der Waals surface area contributed by atoms with Crippen LogP contribution in [0.3, 0.4) is 0 Å². The molecule has 0 saturated carbocycles. The number of carbonyl (C=O) groups is 1. The second-order valence-electron chi connectivity index (χ2n) is 6.89. The minimum atomic E-state index is -1.91. The van der Waals surface area contributed by atoms with E-state index in [1.165, 1.54) is 0 Å². The monoisotopic (exact) mass is 306 g/mol. The maximum absolute atomic E-state index is 10.6. The van der Waals surface area contributed by atoms with Crippen LogP contribution in [0.1, 0.15) is 52.7 Å². The molecule has 0 aliphatic rings. The Kier molecular flexibility index (Phi) is 6.20. The molecule has 118 valence electrons. The van der Waals surface area contributed by atoms with Gasteiger partial charge in [0.2, 0.25) is 0 Å². The van der Waals surface area contributed by atoms with Gasteiger partial charge >= 0.3 is 0 Å². The summed E-state index contributed by atoms with van der Waals surface area (Å²) in [5.41, 5.74) is 3.87. The van der Waals surface area contributed by atoms with Crippen LogP contribution in [0.25, 0.3) is 0 Å². The molecule has 0 bridgehead atoms. The maximum Gasteiger partial charge on any atom is 0.258 e. The lowest BCUT2D eigenvalue weighted by Gasteiger charge is -2.42. The molecule has 3 heteroatoms. The number of aldehydes is 1. The molecule has 0 radical (unpaired) electrons. The predicted molar refractivity (Wildman–Crippen MR) is 92.6 cm³/mol. The van der Waals surface area contributed by atoms with Crippen LogP contribution in [-0.4, -0.2) is 14.6 Å². The van der Waals surface area contributed by atoms with Crippen molar-refractivity contribution in [3.63, 3.8) is 0 Å². The quantitative estimate of drug-likeness (QED) is 0.505. The van der Waals surface area contributed by atoms with E-state index in [1.54, 1.807) is 0 Å². The summed E-state index contributed by atoms with van der Waals surface area (Å²) in [4.78, 5) is 10.6. The van der Waals surface area contributed by atoms with Crippen LogP contribution < -0.4 is 4.43 Å². The van der Waals surface area contributed by atoms with Gasteiger partial charge in [-0.3, -0.25) is 0 Å². The summed E-state index contributed by atoms with van der Waals surface area (Å²) >= 11 is 0. The Balaban J connectivity index is 3.18. The van der Waals surface area contributed by atoms with E-state index in [9.17, 15) is 4.79 Å². The van der Waals surface area contributed by atoms with Crippen LogP contribution >= 0.6 is 0 Å². The van der Waals surface area contributed by atoms with Crippen LogP contribution in [0.2, 0.25) is 16.6 Å². The standard InChI is InChI=1S/C18H30O2Si/c1-13(2)21(14(3)4,15(5)6)20-18-9-8-17(10-11-19)12-16(18)7/h8-9,11-15H,10H2,1-7H3. The van der Waals surface area contributed by atoms with Crippen molar-refractivity contribution in [2.24, 2.45) is 0 Å².